The highest BCUT2D eigenvalue weighted by atomic mass is 127. The molecule has 1 rings (SSSR count). The second-order valence-corrected chi connectivity index (χ2v) is 4.30. The van der Waals surface area contributed by atoms with Gasteiger partial charge in [0, 0.05) is 3.57 Å². The maximum Gasteiger partial charge on any atom is 0.411 e. The van der Waals surface area contributed by atoms with Gasteiger partial charge >= 0.3 is 6.18 Å². The molecule has 0 aromatic heterocycles. The minimum absolute atomic E-state index is 0.550. The van der Waals surface area contributed by atoms with E-state index in [1.165, 1.54) is 0 Å². The van der Waals surface area contributed by atoms with Crippen molar-refractivity contribution in [2.24, 2.45) is 0 Å². The second-order valence-electron chi connectivity index (χ2n) is 3.14. The van der Waals surface area contributed by atoms with Crippen molar-refractivity contribution in [2.45, 2.75) is 6.18 Å². The number of hydrogen-bond donors (Lipinski definition) is 1. The minimum Gasteiger partial charge on any atom is -0.362 e. The highest BCUT2D eigenvalue weighted by Gasteiger charge is 2.27. The predicted molar refractivity (Wildman–Crippen MR) is 64.7 cm³/mol. The van der Waals surface area contributed by atoms with E-state index in [2.05, 4.69) is 10.1 Å². The lowest BCUT2D eigenvalue weighted by Crippen LogP contribution is -2.24. The van der Waals surface area contributed by atoms with Gasteiger partial charge in [-0.1, -0.05) is 12.1 Å². The highest BCUT2D eigenvalue weighted by Crippen LogP contribution is 2.17. The Hall–Kier alpha value is -0.830. The van der Waals surface area contributed by atoms with E-state index in [-0.39, 0.29) is 0 Å². The summed E-state index contributed by atoms with van der Waals surface area (Å²) in [6.07, 6.45) is -4.42. The molecule has 17 heavy (non-hydrogen) atoms. The molecule has 0 aliphatic rings. The largest absolute Gasteiger partial charge is 0.411 e. The molecule has 0 bridgehead atoms. The Kier molecular flexibility index (Phi) is 5.19. The molecule has 1 N–H and O–H groups in total. The van der Waals surface area contributed by atoms with Crippen LogP contribution in [-0.4, -0.2) is 25.3 Å². The van der Waals surface area contributed by atoms with Gasteiger partial charge in [-0.15, -0.1) is 0 Å². The van der Waals surface area contributed by atoms with Gasteiger partial charge < -0.3 is 10.1 Å². The average Bonchev–Trinajstić information content (AvgIpc) is 2.19. The predicted octanol–water partition coefficient (Wildman–Crippen LogP) is 2.81. The highest BCUT2D eigenvalue weighted by molar-refractivity contribution is 14.1. The number of carbonyl (C=O) groups is 1. The molecule has 1 aromatic rings. The number of carbonyl (C=O) groups excluding carboxylic acids is 1. The van der Waals surface area contributed by atoms with Gasteiger partial charge in [0.05, 0.1) is 5.69 Å². The van der Waals surface area contributed by atoms with Crippen molar-refractivity contribution >= 4 is 34.2 Å². The zero-order valence-corrected chi connectivity index (χ0v) is 10.7. The first kappa shape index (κ1) is 14.2. The number of para-hydroxylation sites is 1. The Morgan fingerprint density at radius 3 is 2.59 bits per heavy atom. The Balaban J connectivity index is 2.38. The van der Waals surface area contributed by atoms with Crippen LogP contribution in [0, 0.1) is 3.57 Å². The van der Waals surface area contributed by atoms with Crippen LogP contribution in [0.15, 0.2) is 24.3 Å². The van der Waals surface area contributed by atoms with Crippen molar-refractivity contribution in [1.29, 1.82) is 0 Å². The van der Waals surface area contributed by atoms with Crippen LogP contribution < -0.4 is 5.32 Å². The summed E-state index contributed by atoms with van der Waals surface area (Å²) in [6, 6.07) is 6.93. The summed E-state index contributed by atoms with van der Waals surface area (Å²) in [5.74, 6) is -0.613. The van der Waals surface area contributed by atoms with Crippen LogP contribution in [0.1, 0.15) is 0 Å². The van der Waals surface area contributed by atoms with Crippen LogP contribution in [0.4, 0.5) is 18.9 Å². The molecule has 94 valence electrons. The van der Waals surface area contributed by atoms with Crippen molar-refractivity contribution in [1.82, 2.24) is 0 Å². The summed E-state index contributed by atoms with van der Waals surface area (Å²) in [5, 5.41) is 2.46. The molecule has 0 saturated carbocycles. The van der Waals surface area contributed by atoms with E-state index in [0.29, 0.717) is 5.69 Å². The van der Waals surface area contributed by atoms with Gasteiger partial charge in [-0.2, -0.15) is 13.2 Å². The molecule has 1 amide bonds. The molecule has 0 aliphatic carbocycles. The number of anilines is 1. The number of benzene rings is 1. The zero-order chi connectivity index (χ0) is 12.9. The van der Waals surface area contributed by atoms with Gasteiger partial charge in [0.15, 0.2) is 0 Å². The summed E-state index contributed by atoms with van der Waals surface area (Å²) >= 11 is 2.01. The topological polar surface area (TPSA) is 38.3 Å². The van der Waals surface area contributed by atoms with E-state index in [1.807, 2.05) is 22.6 Å². The molecule has 0 heterocycles. The van der Waals surface area contributed by atoms with Crippen LogP contribution in [-0.2, 0) is 9.53 Å². The van der Waals surface area contributed by atoms with Crippen LogP contribution >= 0.6 is 22.6 Å². The third-order valence-corrected chi connectivity index (χ3v) is 2.59. The molecule has 1 aromatic carbocycles. The number of halogens is 4. The molecule has 7 heteroatoms. The quantitative estimate of drug-likeness (QED) is 0.840. The SMILES string of the molecule is O=C(COCC(F)(F)F)Nc1ccccc1I. The van der Waals surface area contributed by atoms with E-state index < -0.39 is 25.3 Å². The van der Waals surface area contributed by atoms with Crippen molar-refractivity contribution < 1.29 is 22.7 Å². The third-order valence-electron chi connectivity index (χ3n) is 1.65. The lowest BCUT2D eigenvalue weighted by atomic mass is 10.3. The van der Waals surface area contributed by atoms with E-state index in [1.54, 1.807) is 24.3 Å². The Morgan fingerprint density at radius 2 is 2.00 bits per heavy atom. The number of alkyl halides is 3. The number of hydrogen-bond acceptors (Lipinski definition) is 2. The lowest BCUT2D eigenvalue weighted by Gasteiger charge is -2.09. The van der Waals surface area contributed by atoms with Crippen molar-refractivity contribution in [3.8, 4) is 0 Å². The summed E-state index contributed by atoms with van der Waals surface area (Å²) in [5.41, 5.74) is 0.550. The van der Waals surface area contributed by atoms with Crippen LogP contribution in [0.25, 0.3) is 0 Å². The fraction of sp³-hybridized carbons (Fsp3) is 0.300. The van der Waals surface area contributed by atoms with Crippen LogP contribution in [0.3, 0.4) is 0 Å². The summed E-state index contributed by atoms with van der Waals surface area (Å²) in [4.78, 5) is 11.2. The standard InChI is InChI=1S/C10H9F3INO2/c11-10(12,13)6-17-5-9(16)15-8-4-2-1-3-7(8)14/h1-4H,5-6H2,(H,15,16). The van der Waals surface area contributed by atoms with Crippen LogP contribution in [0.5, 0.6) is 0 Å². The van der Waals surface area contributed by atoms with Gasteiger partial charge in [0.1, 0.15) is 13.2 Å². The van der Waals surface area contributed by atoms with Crippen molar-refractivity contribution in [3.63, 3.8) is 0 Å². The van der Waals surface area contributed by atoms with Gasteiger partial charge in [0.2, 0.25) is 5.91 Å². The van der Waals surface area contributed by atoms with Crippen molar-refractivity contribution in [2.75, 3.05) is 18.5 Å². The lowest BCUT2D eigenvalue weighted by molar-refractivity contribution is -0.174. The molecular weight excluding hydrogens is 350 g/mol. The van der Waals surface area contributed by atoms with Gasteiger partial charge in [-0.25, -0.2) is 0 Å². The molecule has 0 radical (unpaired) electrons. The first-order chi connectivity index (χ1) is 7.88. The minimum atomic E-state index is -4.42. The molecule has 0 atom stereocenters. The van der Waals surface area contributed by atoms with E-state index in [9.17, 15) is 18.0 Å². The van der Waals surface area contributed by atoms with Gasteiger partial charge in [0.25, 0.3) is 0 Å². The second kappa shape index (κ2) is 6.20. The first-order valence-electron chi connectivity index (χ1n) is 4.57. The Bertz CT molecular complexity index is 395. The van der Waals surface area contributed by atoms with Gasteiger partial charge in [-0.3, -0.25) is 4.79 Å². The fourth-order valence-corrected chi connectivity index (χ4v) is 1.53. The molecule has 3 nitrogen and oxygen atoms in total. The Morgan fingerprint density at radius 1 is 1.35 bits per heavy atom. The maximum absolute atomic E-state index is 11.7. The molecule has 0 saturated heterocycles. The number of nitrogens with one attached hydrogen (secondary N) is 1. The monoisotopic (exact) mass is 359 g/mol. The molecule has 0 spiro atoms. The van der Waals surface area contributed by atoms with E-state index in [0.717, 1.165) is 3.57 Å². The van der Waals surface area contributed by atoms with Gasteiger partial charge in [-0.05, 0) is 34.7 Å². The van der Waals surface area contributed by atoms with Crippen LogP contribution in [0.2, 0.25) is 0 Å². The van der Waals surface area contributed by atoms with E-state index in [4.69, 9.17) is 0 Å². The Labute approximate surface area is 109 Å². The molecule has 0 unspecified atom stereocenters. The molecule has 0 aliphatic heterocycles. The maximum atomic E-state index is 11.7. The van der Waals surface area contributed by atoms with Crippen molar-refractivity contribution in [3.05, 3.63) is 27.8 Å². The fourth-order valence-electron chi connectivity index (χ4n) is 1.01. The molecular formula is C10H9F3INO2. The normalized spacial score (nSPS) is 11.3. The smallest absolute Gasteiger partial charge is 0.362 e. The average molecular weight is 359 g/mol. The number of ether oxygens (including phenoxy) is 1. The number of amides is 1. The van der Waals surface area contributed by atoms with E-state index >= 15 is 0 Å². The summed E-state index contributed by atoms with van der Waals surface area (Å²) in [6.45, 7) is -2.04. The third kappa shape index (κ3) is 5.87. The zero-order valence-electron chi connectivity index (χ0n) is 8.55. The summed E-state index contributed by atoms with van der Waals surface area (Å²) < 4.78 is 40.3. The molecule has 0 fully saturated rings. The number of rotatable bonds is 4. The summed E-state index contributed by atoms with van der Waals surface area (Å²) in [7, 11) is 0. The first-order valence-corrected chi connectivity index (χ1v) is 5.65.